The first-order chi connectivity index (χ1) is 12.1. The Morgan fingerprint density at radius 1 is 1.32 bits per heavy atom. The van der Waals surface area contributed by atoms with E-state index in [9.17, 15) is 9.18 Å². The zero-order valence-electron chi connectivity index (χ0n) is 13.9. The average Bonchev–Trinajstić information content (AvgIpc) is 3.32. The summed E-state index contributed by atoms with van der Waals surface area (Å²) in [5, 5.41) is 2.63. The molecule has 4 rings (SSSR count). The second-order valence-corrected chi connectivity index (χ2v) is 6.72. The summed E-state index contributed by atoms with van der Waals surface area (Å²) in [5.74, 6) is 2.11. The molecule has 130 valence electrons. The van der Waals surface area contributed by atoms with E-state index in [0.29, 0.717) is 23.2 Å². The lowest BCUT2D eigenvalue weighted by Crippen LogP contribution is -2.17. The fourth-order valence-corrected chi connectivity index (χ4v) is 2.92. The van der Waals surface area contributed by atoms with Crippen molar-refractivity contribution in [1.29, 1.82) is 0 Å². The standard InChI is InChI=1S/C19H19FN2O3/c1-11-6-12-7-13(2-3-17(12)24-10-11)25-14-4-5-21-18(8-14)22-19(23)15-9-16(15)20/h2-5,7-8,11,15-16H,6,9-10H2,1H3,(H,21,22,23). The number of aromatic nitrogens is 1. The third-order valence-electron chi connectivity index (χ3n) is 4.39. The SMILES string of the molecule is CC1COc2ccc(Oc3ccnc(NC(=O)C4CC4F)c3)cc2C1. The summed E-state index contributed by atoms with van der Waals surface area (Å²) in [6, 6.07) is 9.08. The number of carbonyl (C=O) groups excluding carboxylic acids is 1. The molecule has 0 radical (unpaired) electrons. The van der Waals surface area contributed by atoms with Crippen molar-refractivity contribution in [1.82, 2.24) is 4.98 Å². The molecule has 3 atom stereocenters. The number of nitrogens with one attached hydrogen (secondary N) is 1. The van der Waals surface area contributed by atoms with Crippen molar-refractivity contribution in [3.63, 3.8) is 0 Å². The molecule has 1 aliphatic heterocycles. The normalized spacial score (nSPS) is 24.0. The highest BCUT2D eigenvalue weighted by molar-refractivity contribution is 5.94. The maximum Gasteiger partial charge on any atom is 0.231 e. The highest BCUT2D eigenvalue weighted by Gasteiger charge is 2.43. The lowest BCUT2D eigenvalue weighted by molar-refractivity contribution is -0.117. The Balaban J connectivity index is 1.46. The maximum atomic E-state index is 12.9. The number of benzene rings is 1. The van der Waals surface area contributed by atoms with E-state index in [1.807, 2.05) is 18.2 Å². The molecule has 1 amide bonds. The zero-order chi connectivity index (χ0) is 17.4. The first-order valence-corrected chi connectivity index (χ1v) is 8.43. The lowest BCUT2D eigenvalue weighted by atomic mass is 9.98. The second kappa shape index (κ2) is 6.35. The molecular weight excluding hydrogens is 323 g/mol. The van der Waals surface area contributed by atoms with Crippen LogP contribution in [-0.2, 0) is 11.2 Å². The lowest BCUT2D eigenvalue weighted by Gasteiger charge is -2.22. The minimum atomic E-state index is -1.03. The zero-order valence-corrected chi connectivity index (χ0v) is 13.9. The van der Waals surface area contributed by atoms with Crippen molar-refractivity contribution >= 4 is 11.7 Å². The molecule has 1 fully saturated rings. The van der Waals surface area contributed by atoms with E-state index in [-0.39, 0.29) is 12.3 Å². The van der Waals surface area contributed by atoms with Crippen LogP contribution in [0.2, 0.25) is 0 Å². The summed E-state index contributed by atoms with van der Waals surface area (Å²) in [6.07, 6.45) is 1.77. The van der Waals surface area contributed by atoms with Crippen molar-refractivity contribution in [2.75, 3.05) is 11.9 Å². The quantitative estimate of drug-likeness (QED) is 0.919. The van der Waals surface area contributed by atoms with Gasteiger partial charge in [0.05, 0.1) is 12.5 Å². The van der Waals surface area contributed by atoms with Gasteiger partial charge in [-0.1, -0.05) is 6.92 Å². The number of alkyl halides is 1. The van der Waals surface area contributed by atoms with Gasteiger partial charge >= 0.3 is 0 Å². The second-order valence-electron chi connectivity index (χ2n) is 6.72. The van der Waals surface area contributed by atoms with Crippen molar-refractivity contribution in [2.24, 2.45) is 11.8 Å². The summed E-state index contributed by atoms with van der Waals surface area (Å²) in [4.78, 5) is 15.9. The number of hydrogen-bond donors (Lipinski definition) is 1. The first kappa shape index (κ1) is 15.9. The van der Waals surface area contributed by atoms with Crippen LogP contribution < -0.4 is 14.8 Å². The number of fused-ring (bicyclic) bond motifs is 1. The van der Waals surface area contributed by atoms with Gasteiger partial charge in [-0.25, -0.2) is 9.37 Å². The molecule has 5 nitrogen and oxygen atoms in total. The summed E-state index contributed by atoms with van der Waals surface area (Å²) < 4.78 is 24.5. The largest absolute Gasteiger partial charge is 0.493 e. The van der Waals surface area contributed by atoms with Gasteiger partial charge in [0.2, 0.25) is 5.91 Å². The van der Waals surface area contributed by atoms with Crippen molar-refractivity contribution in [3.8, 4) is 17.2 Å². The molecule has 2 heterocycles. The predicted octanol–water partition coefficient (Wildman–Crippen LogP) is 3.74. The molecule has 0 bridgehead atoms. The molecule has 25 heavy (non-hydrogen) atoms. The van der Waals surface area contributed by atoms with Crippen LogP contribution in [0, 0.1) is 11.8 Å². The Morgan fingerprint density at radius 2 is 2.12 bits per heavy atom. The molecule has 1 aromatic heterocycles. The van der Waals surface area contributed by atoms with Crippen molar-refractivity contribution in [2.45, 2.75) is 25.9 Å². The molecule has 1 saturated carbocycles. The van der Waals surface area contributed by atoms with Crippen LogP contribution in [0.15, 0.2) is 36.5 Å². The number of nitrogens with zero attached hydrogens (tertiary/aromatic N) is 1. The Hall–Kier alpha value is -2.63. The van der Waals surface area contributed by atoms with Gasteiger partial charge in [-0.2, -0.15) is 0 Å². The highest BCUT2D eigenvalue weighted by atomic mass is 19.1. The van der Waals surface area contributed by atoms with E-state index in [1.54, 1.807) is 18.3 Å². The Labute approximate surface area is 145 Å². The third-order valence-corrected chi connectivity index (χ3v) is 4.39. The molecule has 0 spiro atoms. The fourth-order valence-electron chi connectivity index (χ4n) is 2.92. The number of amides is 1. The summed E-state index contributed by atoms with van der Waals surface area (Å²) >= 11 is 0. The number of anilines is 1. The maximum absolute atomic E-state index is 12.9. The van der Waals surface area contributed by atoms with Crippen LogP contribution in [-0.4, -0.2) is 23.7 Å². The van der Waals surface area contributed by atoms with E-state index in [1.165, 1.54) is 0 Å². The van der Waals surface area contributed by atoms with Crippen molar-refractivity contribution in [3.05, 3.63) is 42.1 Å². The Morgan fingerprint density at radius 3 is 2.92 bits per heavy atom. The minimum absolute atomic E-state index is 0.289. The van der Waals surface area contributed by atoms with Gasteiger partial charge in [-0.05, 0) is 48.6 Å². The van der Waals surface area contributed by atoms with Crippen LogP contribution in [0.3, 0.4) is 0 Å². The molecule has 2 aromatic rings. The average molecular weight is 342 g/mol. The molecule has 1 N–H and O–H groups in total. The van der Waals surface area contributed by atoms with E-state index >= 15 is 0 Å². The van der Waals surface area contributed by atoms with E-state index in [0.717, 1.165) is 24.3 Å². The van der Waals surface area contributed by atoms with Crippen LogP contribution >= 0.6 is 0 Å². The van der Waals surface area contributed by atoms with Crippen LogP contribution in [0.5, 0.6) is 17.2 Å². The monoisotopic (exact) mass is 342 g/mol. The molecule has 1 aromatic carbocycles. The Bertz CT molecular complexity index is 811. The smallest absolute Gasteiger partial charge is 0.231 e. The van der Waals surface area contributed by atoms with Gasteiger partial charge in [0.25, 0.3) is 0 Å². The van der Waals surface area contributed by atoms with Crippen molar-refractivity contribution < 1.29 is 18.7 Å². The van der Waals surface area contributed by atoms with E-state index in [4.69, 9.17) is 9.47 Å². The molecule has 6 heteroatoms. The molecule has 3 unspecified atom stereocenters. The number of pyridine rings is 1. The summed E-state index contributed by atoms with van der Waals surface area (Å²) in [6.45, 7) is 2.89. The number of rotatable bonds is 4. The van der Waals surface area contributed by atoms with Crippen LogP contribution in [0.4, 0.5) is 10.2 Å². The molecule has 0 saturated heterocycles. The van der Waals surface area contributed by atoms with E-state index < -0.39 is 12.1 Å². The Kier molecular flexibility index (Phi) is 4.03. The summed E-state index contributed by atoms with van der Waals surface area (Å²) in [7, 11) is 0. The van der Waals surface area contributed by atoms with Gasteiger partial charge in [0.15, 0.2) is 0 Å². The topological polar surface area (TPSA) is 60.5 Å². The highest BCUT2D eigenvalue weighted by Crippen LogP contribution is 2.35. The number of hydrogen-bond acceptors (Lipinski definition) is 4. The van der Waals surface area contributed by atoms with Gasteiger partial charge in [0.1, 0.15) is 29.2 Å². The molecule has 2 aliphatic rings. The van der Waals surface area contributed by atoms with Crippen LogP contribution in [0.1, 0.15) is 18.9 Å². The fraction of sp³-hybridized carbons (Fsp3) is 0.368. The summed E-state index contributed by atoms with van der Waals surface area (Å²) in [5.41, 5.74) is 1.13. The van der Waals surface area contributed by atoms with Gasteiger partial charge in [-0.3, -0.25) is 4.79 Å². The molecule has 1 aliphatic carbocycles. The number of carbonyl (C=O) groups is 1. The number of ether oxygens (including phenoxy) is 2. The van der Waals surface area contributed by atoms with Crippen LogP contribution in [0.25, 0.3) is 0 Å². The van der Waals surface area contributed by atoms with E-state index in [2.05, 4.69) is 17.2 Å². The molecular formula is C19H19FN2O3. The van der Waals surface area contributed by atoms with Gasteiger partial charge in [-0.15, -0.1) is 0 Å². The first-order valence-electron chi connectivity index (χ1n) is 8.43. The third kappa shape index (κ3) is 3.57. The minimum Gasteiger partial charge on any atom is -0.493 e. The van der Waals surface area contributed by atoms with Gasteiger partial charge < -0.3 is 14.8 Å². The predicted molar refractivity (Wildman–Crippen MR) is 90.7 cm³/mol. The number of halogens is 1. The van der Waals surface area contributed by atoms with Gasteiger partial charge in [0, 0.05) is 12.3 Å².